The van der Waals surface area contributed by atoms with Crippen molar-refractivity contribution < 1.29 is 18.8 Å². The third-order valence-electron chi connectivity index (χ3n) is 2.48. The number of unbranched alkanes of at least 4 members (excludes halogenated alkanes) is 1. The summed E-state index contributed by atoms with van der Waals surface area (Å²) in [5, 5.41) is 0. The van der Waals surface area contributed by atoms with Gasteiger partial charge in [-0.1, -0.05) is 13.3 Å². The molecule has 0 aliphatic heterocycles. The monoisotopic (exact) mass is 306 g/mol. The molecule has 1 atom stereocenters. The van der Waals surface area contributed by atoms with Gasteiger partial charge in [0, 0.05) is 12.5 Å². The minimum Gasteiger partial charge on any atom is -0.460 e. The number of hydrogen-bond acceptors (Lipinski definition) is 4. The van der Waals surface area contributed by atoms with E-state index in [1.54, 1.807) is 0 Å². The lowest BCUT2D eigenvalue weighted by atomic mass is 9.94. The molecular weight excluding hydrogens is 278 g/mol. The molecule has 0 saturated heterocycles. The van der Waals surface area contributed by atoms with Crippen LogP contribution in [0.5, 0.6) is 0 Å². The van der Waals surface area contributed by atoms with Crippen molar-refractivity contribution in [1.29, 1.82) is 0 Å². The number of carbonyl (C=O) groups excluding carboxylic acids is 1. The number of rotatable bonds is 10. The number of carbonyl (C=O) groups is 1. The molecule has 0 aromatic carbocycles. The molecule has 6 heteroatoms. The summed E-state index contributed by atoms with van der Waals surface area (Å²) in [6.07, 6.45) is 2.61. The van der Waals surface area contributed by atoms with E-state index in [0.717, 1.165) is 12.8 Å². The highest BCUT2D eigenvalue weighted by molar-refractivity contribution is 6.42. The fraction of sp³-hybridized carbons (Fsp3) is 0.929. The maximum absolute atomic E-state index is 11.8. The molecule has 0 fully saturated rings. The molecule has 1 unspecified atom stereocenters. The van der Waals surface area contributed by atoms with Gasteiger partial charge in [0.05, 0.1) is 12.5 Å². The Morgan fingerprint density at radius 1 is 1.35 bits per heavy atom. The molecule has 0 aliphatic rings. The smallest absolute Gasteiger partial charge is 0.453 e. The van der Waals surface area contributed by atoms with Gasteiger partial charge in [0.2, 0.25) is 0 Å². The number of hydrogen-bond donors (Lipinski definition) is 0. The molecule has 0 aliphatic carbocycles. The normalized spacial score (nSPS) is 13.1. The van der Waals surface area contributed by atoms with E-state index >= 15 is 0 Å². The first-order chi connectivity index (χ1) is 9.28. The predicted molar refractivity (Wildman–Crippen MR) is 83.2 cm³/mol. The summed E-state index contributed by atoms with van der Waals surface area (Å²) >= 11 is 5.75. The van der Waals surface area contributed by atoms with Crippen LogP contribution in [0.25, 0.3) is 0 Å². The van der Waals surface area contributed by atoms with E-state index in [4.69, 9.17) is 25.6 Å². The van der Waals surface area contributed by atoms with Crippen LogP contribution in [-0.2, 0) is 18.8 Å². The molecule has 20 heavy (non-hydrogen) atoms. The highest BCUT2D eigenvalue weighted by Crippen LogP contribution is 2.14. The standard InChI is InChI=1S/C14H28BClO4/c1-6-7-10-18-15(5)20-12(8-9-16)11-13(17)19-14(2,3)4/h12H,6-11H2,1-5H3. The second kappa shape index (κ2) is 10.5. The molecule has 0 radical (unpaired) electrons. The molecule has 0 aromatic rings. The Morgan fingerprint density at radius 3 is 2.50 bits per heavy atom. The maximum atomic E-state index is 11.8. The summed E-state index contributed by atoms with van der Waals surface area (Å²) in [4.78, 5) is 11.8. The summed E-state index contributed by atoms with van der Waals surface area (Å²) in [7, 11) is -0.336. The molecule has 0 heterocycles. The van der Waals surface area contributed by atoms with Crippen LogP contribution in [0.2, 0.25) is 6.82 Å². The van der Waals surface area contributed by atoms with E-state index in [2.05, 4.69) is 6.92 Å². The van der Waals surface area contributed by atoms with Gasteiger partial charge in [-0.3, -0.25) is 4.79 Å². The summed E-state index contributed by atoms with van der Waals surface area (Å²) < 4.78 is 16.5. The van der Waals surface area contributed by atoms with Crippen molar-refractivity contribution in [2.45, 2.75) is 71.9 Å². The second-order valence-electron chi connectivity index (χ2n) is 5.82. The van der Waals surface area contributed by atoms with Crippen molar-refractivity contribution in [3.05, 3.63) is 0 Å². The Balaban J connectivity index is 4.17. The second-order valence-corrected chi connectivity index (χ2v) is 6.20. The van der Waals surface area contributed by atoms with Gasteiger partial charge in [0.15, 0.2) is 0 Å². The van der Waals surface area contributed by atoms with Crippen LogP contribution >= 0.6 is 11.6 Å². The van der Waals surface area contributed by atoms with E-state index in [9.17, 15) is 4.79 Å². The average molecular weight is 307 g/mol. The Morgan fingerprint density at radius 2 is 2.00 bits per heavy atom. The van der Waals surface area contributed by atoms with Crippen LogP contribution in [0.3, 0.4) is 0 Å². The minimum absolute atomic E-state index is 0.200. The molecule has 0 aromatic heterocycles. The fourth-order valence-corrected chi connectivity index (χ4v) is 1.86. The highest BCUT2D eigenvalue weighted by Gasteiger charge is 2.23. The zero-order chi connectivity index (χ0) is 15.6. The minimum atomic E-state index is -0.480. The van der Waals surface area contributed by atoms with E-state index < -0.39 is 5.60 Å². The van der Waals surface area contributed by atoms with Gasteiger partial charge in [-0.15, -0.1) is 11.6 Å². The number of esters is 1. The van der Waals surface area contributed by atoms with Gasteiger partial charge < -0.3 is 14.0 Å². The molecule has 118 valence electrons. The zero-order valence-corrected chi connectivity index (χ0v) is 14.2. The third kappa shape index (κ3) is 11.6. The summed E-state index contributed by atoms with van der Waals surface area (Å²) in [6.45, 7) is 10.1. The van der Waals surface area contributed by atoms with Crippen molar-refractivity contribution in [2.75, 3.05) is 12.5 Å². The number of halogens is 1. The molecule has 0 spiro atoms. The van der Waals surface area contributed by atoms with E-state index in [0.29, 0.717) is 18.9 Å². The van der Waals surface area contributed by atoms with Crippen LogP contribution in [-0.4, -0.2) is 37.3 Å². The number of alkyl halides is 1. The summed E-state index contributed by atoms with van der Waals surface area (Å²) in [5.41, 5.74) is -0.480. The molecular formula is C14H28BClO4. The van der Waals surface area contributed by atoms with Crippen molar-refractivity contribution in [3.63, 3.8) is 0 Å². The predicted octanol–water partition coefficient (Wildman–Crippen LogP) is 3.67. The largest absolute Gasteiger partial charge is 0.460 e. The summed E-state index contributed by atoms with van der Waals surface area (Å²) in [6, 6.07) is 0. The summed E-state index contributed by atoms with van der Waals surface area (Å²) in [5.74, 6) is 0.170. The molecule has 0 N–H and O–H groups in total. The van der Waals surface area contributed by atoms with E-state index in [-0.39, 0.29) is 25.6 Å². The Labute approximate surface area is 128 Å². The highest BCUT2D eigenvalue weighted by atomic mass is 35.5. The lowest BCUT2D eigenvalue weighted by Gasteiger charge is -2.23. The quantitative estimate of drug-likeness (QED) is 0.267. The van der Waals surface area contributed by atoms with Crippen molar-refractivity contribution in [3.8, 4) is 0 Å². The topological polar surface area (TPSA) is 44.8 Å². The average Bonchev–Trinajstić information content (AvgIpc) is 2.26. The lowest BCUT2D eigenvalue weighted by molar-refractivity contribution is -0.156. The molecule has 0 amide bonds. The van der Waals surface area contributed by atoms with Crippen LogP contribution in [0.1, 0.15) is 53.4 Å². The van der Waals surface area contributed by atoms with Gasteiger partial charge >= 0.3 is 13.1 Å². The lowest BCUT2D eigenvalue weighted by Crippen LogP contribution is -2.32. The zero-order valence-electron chi connectivity index (χ0n) is 13.4. The molecule has 0 bridgehead atoms. The first-order valence-corrected chi connectivity index (χ1v) is 7.86. The number of ether oxygens (including phenoxy) is 1. The van der Waals surface area contributed by atoms with Crippen molar-refractivity contribution in [2.24, 2.45) is 0 Å². The Bertz CT molecular complexity index is 268. The van der Waals surface area contributed by atoms with Gasteiger partial charge in [0.1, 0.15) is 5.60 Å². The van der Waals surface area contributed by atoms with Gasteiger partial charge in [-0.25, -0.2) is 0 Å². The first-order valence-electron chi connectivity index (χ1n) is 7.33. The molecule has 4 nitrogen and oxygen atoms in total. The fourth-order valence-electron chi connectivity index (χ4n) is 1.61. The van der Waals surface area contributed by atoms with E-state index in [1.807, 2.05) is 27.6 Å². The van der Waals surface area contributed by atoms with Crippen LogP contribution in [0, 0.1) is 0 Å². The van der Waals surface area contributed by atoms with Crippen molar-refractivity contribution >= 4 is 24.7 Å². The van der Waals surface area contributed by atoms with Crippen LogP contribution in [0.15, 0.2) is 0 Å². The third-order valence-corrected chi connectivity index (χ3v) is 2.70. The SMILES string of the molecule is CCCCOB(C)OC(CCCl)CC(=O)OC(C)(C)C. The van der Waals surface area contributed by atoms with Crippen LogP contribution in [0.4, 0.5) is 0 Å². The van der Waals surface area contributed by atoms with Crippen molar-refractivity contribution in [1.82, 2.24) is 0 Å². The maximum Gasteiger partial charge on any atom is 0.453 e. The first kappa shape index (κ1) is 19.7. The molecule has 0 rings (SSSR count). The Kier molecular flexibility index (Phi) is 10.3. The Hall–Kier alpha value is -0.255. The van der Waals surface area contributed by atoms with Gasteiger partial charge in [-0.2, -0.15) is 0 Å². The van der Waals surface area contributed by atoms with E-state index in [1.165, 1.54) is 0 Å². The van der Waals surface area contributed by atoms with Gasteiger partial charge in [0.25, 0.3) is 0 Å². The molecule has 0 saturated carbocycles. The van der Waals surface area contributed by atoms with Crippen LogP contribution < -0.4 is 0 Å². The van der Waals surface area contributed by atoms with Gasteiger partial charge in [-0.05, 0) is 40.4 Å².